The Bertz CT molecular complexity index is 542. The first kappa shape index (κ1) is 18.0. The third kappa shape index (κ3) is 3.42. The van der Waals surface area contributed by atoms with Crippen LogP contribution < -0.4 is 10.6 Å². The number of fused-ring (bicyclic) bond motifs is 1. The molecule has 4 aliphatic rings. The van der Waals surface area contributed by atoms with Crippen molar-refractivity contribution in [3.05, 3.63) is 0 Å². The molecule has 26 heavy (non-hydrogen) atoms. The van der Waals surface area contributed by atoms with E-state index in [-0.39, 0.29) is 42.1 Å². The average Bonchev–Trinajstić information content (AvgIpc) is 3.26. The maximum Gasteiger partial charge on any atom is 0.410 e. The number of carbonyl (C=O) groups excluding carboxylic acids is 2. The molecule has 7 heteroatoms. The Morgan fingerprint density at radius 2 is 2.12 bits per heavy atom. The third-order valence-corrected chi connectivity index (χ3v) is 6.88. The first-order chi connectivity index (χ1) is 12.5. The highest BCUT2D eigenvalue weighted by Gasteiger charge is 2.46. The molecule has 4 fully saturated rings. The fourth-order valence-corrected chi connectivity index (χ4v) is 5.42. The Labute approximate surface area is 154 Å². The van der Waals surface area contributed by atoms with Crippen molar-refractivity contribution in [2.24, 2.45) is 11.8 Å². The number of alkyl halides is 1. The van der Waals surface area contributed by atoms with E-state index in [1.807, 2.05) is 0 Å². The summed E-state index contributed by atoms with van der Waals surface area (Å²) in [5.74, 6) is 0.381. The minimum absolute atomic E-state index is 0.00607. The van der Waals surface area contributed by atoms with E-state index in [1.54, 1.807) is 4.90 Å². The number of ether oxygens (including phenoxy) is 1. The fourth-order valence-electron chi connectivity index (χ4n) is 5.42. The minimum Gasteiger partial charge on any atom is -0.448 e. The number of nitrogens with zero attached hydrogens (tertiary/aromatic N) is 1. The van der Waals surface area contributed by atoms with Crippen LogP contribution in [-0.4, -0.2) is 60.4 Å². The SMILES string of the molecule is CC1CCC(F)C2CC(C(=O)NC3CCCC(N4CCOC4=O)C3)NC12. The molecular weight excluding hydrogens is 337 g/mol. The number of carbonyl (C=O) groups is 2. The van der Waals surface area contributed by atoms with Crippen LogP contribution in [0, 0.1) is 11.8 Å². The molecule has 0 bridgehead atoms. The summed E-state index contributed by atoms with van der Waals surface area (Å²) < 4.78 is 19.3. The van der Waals surface area contributed by atoms with Gasteiger partial charge in [-0.2, -0.15) is 0 Å². The number of hydrogen-bond donors (Lipinski definition) is 2. The van der Waals surface area contributed by atoms with Gasteiger partial charge in [0.1, 0.15) is 12.8 Å². The van der Waals surface area contributed by atoms with Gasteiger partial charge in [-0.15, -0.1) is 0 Å². The standard InChI is InChI=1S/C19H30FN3O3/c1-11-5-6-15(20)14-10-16(22-17(11)14)18(24)21-12-3-2-4-13(9-12)23-7-8-26-19(23)25/h11-17,22H,2-10H2,1H3,(H,21,24). The topological polar surface area (TPSA) is 70.7 Å². The predicted octanol–water partition coefficient (Wildman–Crippen LogP) is 1.98. The zero-order valence-electron chi connectivity index (χ0n) is 15.5. The van der Waals surface area contributed by atoms with Gasteiger partial charge in [0.2, 0.25) is 5.91 Å². The van der Waals surface area contributed by atoms with Gasteiger partial charge in [-0.25, -0.2) is 9.18 Å². The number of cyclic esters (lactones) is 1. The maximum absolute atomic E-state index is 14.2. The van der Waals surface area contributed by atoms with Crippen LogP contribution in [0.15, 0.2) is 0 Å². The lowest BCUT2D eigenvalue weighted by Crippen LogP contribution is -2.51. The molecule has 0 spiro atoms. The molecule has 7 atom stereocenters. The van der Waals surface area contributed by atoms with Gasteiger partial charge in [0.25, 0.3) is 0 Å². The summed E-state index contributed by atoms with van der Waals surface area (Å²) >= 11 is 0. The summed E-state index contributed by atoms with van der Waals surface area (Å²) in [4.78, 5) is 26.4. The van der Waals surface area contributed by atoms with E-state index in [2.05, 4.69) is 17.6 Å². The van der Waals surface area contributed by atoms with Crippen LogP contribution in [0.2, 0.25) is 0 Å². The van der Waals surface area contributed by atoms with E-state index >= 15 is 0 Å². The molecule has 0 aromatic heterocycles. The van der Waals surface area contributed by atoms with Crippen LogP contribution in [0.4, 0.5) is 9.18 Å². The van der Waals surface area contributed by atoms with Gasteiger partial charge < -0.3 is 20.3 Å². The normalized spacial score (nSPS) is 43.1. The van der Waals surface area contributed by atoms with Crippen molar-refractivity contribution in [2.45, 2.75) is 82.2 Å². The van der Waals surface area contributed by atoms with Crippen LogP contribution in [-0.2, 0) is 9.53 Å². The molecule has 6 nitrogen and oxygen atoms in total. The number of hydrogen-bond acceptors (Lipinski definition) is 4. The second-order valence-corrected chi connectivity index (χ2v) is 8.55. The third-order valence-electron chi connectivity index (χ3n) is 6.88. The Morgan fingerprint density at radius 3 is 2.85 bits per heavy atom. The van der Waals surface area contributed by atoms with Gasteiger partial charge in [0.05, 0.1) is 12.6 Å². The zero-order valence-corrected chi connectivity index (χ0v) is 15.5. The molecule has 0 aromatic carbocycles. The Morgan fingerprint density at radius 1 is 1.27 bits per heavy atom. The molecule has 2 aliphatic heterocycles. The van der Waals surface area contributed by atoms with Crippen molar-refractivity contribution in [1.29, 1.82) is 0 Å². The predicted molar refractivity (Wildman–Crippen MR) is 94.4 cm³/mol. The molecule has 2 saturated heterocycles. The van der Waals surface area contributed by atoms with Crippen LogP contribution in [0.1, 0.15) is 51.9 Å². The second-order valence-electron chi connectivity index (χ2n) is 8.55. The molecule has 2 N–H and O–H groups in total. The highest BCUT2D eigenvalue weighted by Crippen LogP contribution is 2.38. The summed E-state index contributed by atoms with van der Waals surface area (Å²) in [5, 5.41) is 6.57. The molecule has 2 amide bonds. The highest BCUT2D eigenvalue weighted by atomic mass is 19.1. The molecule has 0 aromatic rings. The molecular formula is C19H30FN3O3. The van der Waals surface area contributed by atoms with Crippen molar-refractivity contribution in [3.8, 4) is 0 Å². The maximum atomic E-state index is 14.2. The lowest BCUT2D eigenvalue weighted by molar-refractivity contribution is -0.123. The largest absolute Gasteiger partial charge is 0.448 e. The van der Waals surface area contributed by atoms with Crippen molar-refractivity contribution < 1.29 is 18.7 Å². The van der Waals surface area contributed by atoms with Gasteiger partial charge in [-0.1, -0.05) is 6.92 Å². The van der Waals surface area contributed by atoms with E-state index in [9.17, 15) is 14.0 Å². The Balaban J connectivity index is 1.32. The number of halogens is 1. The minimum atomic E-state index is -0.790. The van der Waals surface area contributed by atoms with E-state index in [4.69, 9.17) is 4.74 Å². The lowest BCUT2D eigenvalue weighted by Gasteiger charge is -2.34. The van der Waals surface area contributed by atoms with Gasteiger partial charge >= 0.3 is 6.09 Å². The van der Waals surface area contributed by atoms with E-state index < -0.39 is 6.17 Å². The molecule has 0 radical (unpaired) electrons. The fraction of sp³-hybridized carbons (Fsp3) is 0.895. The van der Waals surface area contributed by atoms with Crippen molar-refractivity contribution in [2.75, 3.05) is 13.2 Å². The first-order valence-corrected chi connectivity index (χ1v) is 10.2. The van der Waals surface area contributed by atoms with E-state index in [0.29, 0.717) is 31.9 Å². The first-order valence-electron chi connectivity index (χ1n) is 10.2. The van der Waals surface area contributed by atoms with Crippen LogP contribution in [0.25, 0.3) is 0 Å². The number of amides is 2. The Hall–Kier alpha value is -1.37. The van der Waals surface area contributed by atoms with Gasteiger partial charge in [0, 0.05) is 24.0 Å². The van der Waals surface area contributed by atoms with Crippen LogP contribution in [0.5, 0.6) is 0 Å². The van der Waals surface area contributed by atoms with E-state index in [0.717, 1.165) is 32.1 Å². The summed E-state index contributed by atoms with van der Waals surface area (Å²) in [6.45, 7) is 3.26. The van der Waals surface area contributed by atoms with Crippen LogP contribution >= 0.6 is 0 Å². The van der Waals surface area contributed by atoms with Crippen LogP contribution in [0.3, 0.4) is 0 Å². The zero-order chi connectivity index (χ0) is 18.3. The quantitative estimate of drug-likeness (QED) is 0.800. The second kappa shape index (κ2) is 7.33. The molecule has 7 unspecified atom stereocenters. The summed E-state index contributed by atoms with van der Waals surface area (Å²) in [6, 6.07) is 0.0602. The van der Waals surface area contributed by atoms with Crippen molar-refractivity contribution in [3.63, 3.8) is 0 Å². The molecule has 2 heterocycles. The summed E-state index contributed by atoms with van der Waals surface area (Å²) in [5.41, 5.74) is 0. The monoisotopic (exact) mass is 367 g/mol. The average molecular weight is 367 g/mol. The van der Waals surface area contributed by atoms with Gasteiger partial charge in [-0.3, -0.25) is 4.79 Å². The lowest BCUT2D eigenvalue weighted by atomic mass is 9.77. The van der Waals surface area contributed by atoms with E-state index in [1.165, 1.54) is 0 Å². The summed E-state index contributed by atoms with van der Waals surface area (Å²) in [6.07, 6.45) is 4.76. The van der Waals surface area contributed by atoms with Gasteiger partial charge in [-0.05, 0) is 50.9 Å². The Kier molecular flexibility index (Phi) is 5.08. The summed E-state index contributed by atoms with van der Waals surface area (Å²) in [7, 11) is 0. The molecule has 146 valence electrons. The van der Waals surface area contributed by atoms with Crippen molar-refractivity contribution >= 4 is 12.0 Å². The molecule has 4 rings (SSSR count). The molecule has 2 saturated carbocycles. The molecule has 2 aliphatic carbocycles. The smallest absolute Gasteiger partial charge is 0.410 e. The van der Waals surface area contributed by atoms with Crippen molar-refractivity contribution in [1.82, 2.24) is 15.5 Å². The highest BCUT2D eigenvalue weighted by molar-refractivity contribution is 5.82. The number of nitrogens with one attached hydrogen (secondary N) is 2. The number of rotatable bonds is 3. The van der Waals surface area contributed by atoms with Gasteiger partial charge in [0.15, 0.2) is 0 Å².